The zero-order valence-corrected chi connectivity index (χ0v) is 14.9. The molecule has 1 aromatic carbocycles. The highest BCUT2D eigenvalue weighted by Crippen LogP contribution is 2.35. The highest BCUT2D eigenvalue weighted by atomic mass is 16.2. The lowest BCUT2D eigenvalue weighted by molar-refractivity contribution is -0.133. The molecule has 0 saturated carbocycles. The number of urea groups is 1. The van der Waals surface area contributed by atoms with Crippen molar-refractivity contribution in [2.75, 3.05) is 18.0 Å². The van der Waals surface area contributed by atoms with Crippen molar-refractivity contribution >= 4 is 23.5 Å². The minimum Gasteiger partial charge on any atom is -0.312 e. The molecule has 132 valence electrons. The summed E-state index contributed by atoms with van der Waals surface area (Å²) in [6.07, 6.45) is 2.08. The van der Waals surface area contributed by atoms with E-state index in [1.54, 1.807) is 9.80 Å². The van der Waals surface area contributed by atoms with E-state index in [2.05, 4.69) is 12.1 Å². The van der Waals surface area contributed by atoms with E-state index in [1.165, 1.54) is 4.90 Å². The van der Waals surface area contributed by atoms with Crippen LogP contribution in [-0.4, -0.2) is 52.8 Å². The maximum atomic E-state index is 13.1. The summed E-state index contributed by atoms with van der Waals surface area (Å²) >= 11 is 0. The number of rotatable bonds is 2. The van der Waals surface area contributed by atoms with Crippen molar-refractivity contribution in [1.29, 1.82) is 0 Å². The molecule has 0 aliphatic carbocycles. The standard InChI is InChI=1S/C19H23N3O3/c1-11-9-12(2)16(13(3)10-11)21-8-6-15(17(21)23)22-18(24)14-5-4-7-20(14)19(22)25/h9-10,14-15H,4-8H2,1-3H3/t14-,15+/m1/s1. The van der Waals surface area contributed by atoms with E-state index >= 15 is 0 Å². The normalized spacial score (nSPS) is 26.2. The van der Waals surface area contributed by atoms with Crippen LogP contribution < -0.4 is 4.90 Å². The molecule has 2 atom stereocenters. The van der Waals surface area contributed by atoms with Gasteiger partial charge in [-0.15, -0.1) is 0 Å². The first-order chi connectivity index (χ1) is 11.9. The second kappa shape index (κ2) is 5.58. The molecule has 3 saturated heterocycles. The van der Waals surface area contributed by atoms with Gasteiger partial charge in [0.25, 0.3) is 5.91 Å². The van der Waals surface area contributed by atoms with E-state index in [0.29, 0.717) is 25.9 Å². The molecule has 0 N–H and O–H groups in total. The van der Waals surface area contributed by atoms with Crippen LogP contribution in [0.15, 0.2) is 12.1 Å². The van der Waals surface area contributed by atoms with Gasteiger partial charge in [0, 0.05) is 18.8 Å². The van der Waals surface area contributed by atoms with Crippen LogP contribution >= 0.6 is 0 Å². The summed E-state index contributed by atoms with van der Waals surface area (Å²) in [5.74, 6) is -0.335. The molecule has 6 heteroatoms. The van der Waals surface area contributed by atoms with E-state index in [9.17, 15) is 14.4 Å². The molecule has 4 rings (SSSR count). The zero-order valence-electron chi connectivity index (χ0n) is 14.9. The Morgan fingerprint density at radius 2 is 1.56 bits per heavy atom. The van der Waals surface area contributed by atoms with Crippen LogP contribution in [0, 0.1) is 20.8 Å². The highest BCUT2D eigenvalue weighted by molar-refractivity contribution is 6.11. The van der Waals surface area contributed by atoms with E-state index in [0.717, 1.165) is 28.8 Å². The summed E-state index contributed by atoms with van der Waals surface area (Å²) in [4.78, 5) is 42.9. The Labute approximate surface area is 147 Å². The Hall–Kier alpha value is -2.37. The van der Waals surface area contributed by atoms with Crippen molar-refractivity contribution < 1.29 is 14.4 Å². The van der Waals surface area contributed by atoms with Crippen LogP contribution in [0.2, 0.25) is 0 Å². The third-order valence-corrected chi connectivity index (χ3v) is 5.62. The second-order valence-corrected chi connectivity index (χ2v) is 7.38. The van der Waals surface area contributed by atoms with Crippen molar-refractivity contribution in [2.24, 2.45) is 0 Å². The lowest BCUT2D eigenvalue weighted by Crippen LogP contribution is -2.46. The van der Waals surface area contributed by atoms with Crippen molar-refractivity contribution in [2.45, 2.75) is 52.1 Å². The molecule has 4 amide bonds. The molecule has 0 unspecified atom stereocenters. The molecule has 3 heterocycles. The number of anilines is 1. The number of hydrogen-bond donors (Lipinski definition) is 0. The third-order valence-electron chi connectivity index (χ3n) is 5.62. The molecule has 0 radical (unpaired) electrons. The molecule has 0 bridgehead atoms. The Morgan fingerprint density at radius 3 is 2.20 bits per heavy atom. The molecule has 1 aromatic rings. The van der Waals surface area contributed by atoms with Crippen LogP contribution in [0.3, 0.4) is 0 Å². The van der Waals surface area contributed by atoms with Crippen LogP contribution in [0.5, 0.6) is 0 Å². The van der Waals surface area contributed by atoms with E-state index in [1.807, 2.05) is 20.8 Å². The zero-order chi connectivity index (χ0) is 17.9. The summed E-state index contributed by atoms with van der Waals surface area (Å²) in [5, 5.41) is 0. The van der Waals surface area contributed by atoms with Crippen molar-refractivity contribution in [3.8, 4) is 0 Å². The number of imide groups is 1. The van der Waals surface area contributed by atoms with E-state index in [4.69, 9.17) is 0 Å². The van der Waals surface area contributed by atoms with Gasteiger partial charge in [0.1, 0.15) is 12.1 Å². The van der Waals surface area contributed by atoms with Gasteiger partial charge in [-0.25, -0.2) is 9.69 Å². The molecule has 3 aliphatic rings. The fraction of sp³-hybridized carbons (Fsp3) is 0.526. The Morgan fingerprint density at radius 1 is 0.880 bits per heavy atom. The van der Waals surface area contributed by atoms with Crippen LogP contribution in [0.4, 0.5) is 10.5 Å². The van der Waals surface area contributed by atoms with Crippen molar-refractivity contribution in [1.82, 2.24) is 9.80 Å². The average molecular weight is 341 g/mol. The van der Waals surface area contributed by atoms with Gasteiger partial charge >= 0.3 is 6.03 Å². The topological polar surface area (TPSA) is 60.9 Å². The number of carbonyl (C=O) groups excluding carboxylic acids is 3. The molecular weight excluding hydrogens is 318 g/mol. The molecule has 3 fully saturated rings. The Kier molecular flexibility index (Phi) is 3.60. The SMILES string of the molecule is Cc1cc(C)c(N2CC[C@H](N3C(=O)[C@H]4CCCN4C3=O)C2=O)c(C)c1. The number of fused-ring (bicyclic) bond motifs is 1. The number of aryl methyl sites for hydroxylation is 3. The molecule has 0 spiro atoms. The number of carbonyl (C=O) groups is 3. The third kappa shape index (κ3) is 2.27. The quantitative estimate of drug-likeness (QED) is 0.775. The smallest absolute Gasteiger partial charge is 0.312 e. The van der Waals surface area contributed by atoms with Gasteiger partial charge in [-0.05, 0) is 51.2 Å². The van der Waals surface area contributed by atoms with Gasteiger partial charge in [-0.1, -0.05) is 17.7 Å². The van der Waals surface area contributed by atoms with Gasteiger partial charge in [-0.3, -0.25) is 9.59 Å². The first-order valence-electron chi connectivity index (χ1n) is 8.93. The molecule has 6 nitrogen and oxygen atoms in total. The number of hydrogen-bond acceptors (Lipinski definition) is 3. The van der Waals surface area contributed by atoms with Crippen LogP contribution in [-0.2, 0) is 9.59 Å². The van der Waals surface area contributed by atoms with Crippen molar-refractivity contribution in [3.63, 3.8) is 0 Å². The van der Waals surface area contributed by atoms with Gasteiger partial charge in [0.2, 0.25) is 5.91 Å². The van der Waals surface area contributed by atoms with Crippen LogP contribution in [0.25, 0.3) is 0 Å². The second-order valence-electron chi connectivity index (χ2n) is 7.38. The van der Waals surface area contributed by atoms with Gasteiger partial charge in [0.05, 0.1) is 0 Å². The summed E-state index contributed by atoms with van der Waals surface area (Å²) in [6, 6.07) is 2.82. The first kappa shape index (κ1) is 16.1. The fourth-order valence-corrected chi connectivity index (χ4v) is 4.66. The summed E-state index contributed by atoms with van der Waals surface area (Å²) in [6.45, 7) is 7.19. The van der Waals surface area contributed by atoms with Crippen molar-refractivity contribution in [3.05, 3.63) is 28.8 Å². The molecule has 25 heavy (non-hydrogen) atoms. The molecule has 0 aromatic heterocycles. The molecular formula is C19H23N3O3. The maximum Gasteiger partial charge on any atom is 0.328 e. The maximum absolute atomic E-state index is 13.1. The summed E-state index contributed by atoms with van der Waals surface area (Å²) in [5.41, 5.74) is 4.17. The predicted molar refractivity (Wildman–Crippen MR) is 93.4 cm³/mol. The predicted octanol–water partition coefficient (Wildman–Crippen LogP) is 2.14. The average Bonchev–Trinajstić information content (AvgIpc) is 3.20. The fourth-order valence-electron chi connectivity index (χ4n) is 4.66. The Bertz CT molecular complexity index is 743. The summed E-state index contributed by atoms with van der Waals surface area (Å²) < 4.78 is 0. The monoisotopic (exact) mass is 341 g/mol. The van der Waals surface area contributed by atoms with Gasteiger partial charge < -0.3 is 9.80 Å². The minimum absolute atomic E-state index is 0.141. The number of nitrogens with zero attached hydrogens (tertiary/aromatic N) is 3. The number of amides is 4. The number of benzene rings is 1. The van der Waals surface area contributed by atoms with Crippen LogP contribution in [0.1, 0.15) is 36.0 Å². The largest absolute Gasteiger partial charge is 0.328 e. The lowest BCUT2D eigenvalue weighted by Gasteiger charge is -2.24. The lowest BCUT2D eigenvalue weighted by atomic mass is 10.0. The van der Waals surface area contributed by atoms with E-state index < -0.39 is 6.04 Å². The Balaban J connectivity index is 1.63. The van der Waals surface area contributed by atoms with Gasteiger partial charge in [-0.2, -0.15) is 0 Å². The minimum atomic E-state index is -0.661. The first-order valence-corrected chi connectivity index (χ1v) is 8.93. The summed E-state index contributed by atoms with van der Waals surface area (Å²) in [7, 11) is 0. The van der Waals surface area contributed by atoms with Gasteiger partial charge in [0.15, 0.2) is 0 Å². The van der Waals surface area contributed by atoms with E-state index in [-0.39, 0.29) is 23.9 Å². The highest BCUT2D eigenvalue weighted by Gasteiger charge is 2.53. The molecule has 3 aliphatic heterocycles.